The van der Waals surface area contributed by atoms with E-state index in [4.69, 9.17) is 10.5 Å². The van der Waals surface area contributed by atoms with Crippen LogP contribution >= 0.6 is 0 Å². The standard InChI is InChI=1S/C13H17NO/c1-10-4-7-13(15-12-5-6-12)11(9-10)3-2-8-14/h2-4,7,9,12H,5-6,8,14H2,1H3/b3-2+. The first-order chi connectivity index (χ1) is 7.29. The van der Waals surface area contributed by atoms with Gasteiger partial charge in [-0.3, -0.25) is 0 Å². The fraction of sp³-hybridized carbons (Fsp3) is 0.385. The second-order valence-corrected chi connectivity index (χ2v) is 4.00. The van der Waals surface area contributed by atoms with E-state index in [9.17, 15) is 0 Å². The fourth-order valence-electron chi connectivity index (χ4n) is 1.47. The van der Waals surface area contributed by atoms with Crippen LogP contribution in [-0.2, 0) is 0 Å². The fourth-order valence-corrected chi connectivity index (χ4v) is 1.47. The maximum atomic E-state index is 5.82. The monoisotopic (exact) mass is 203 g/mol. The minimum absolute atomic E-state index is 0.442. The molecule has 1 fully saturated rings. The smallest absolute Gasteiger partial charge is 0.126 e. The summed E-state index contributed by atoms with van der Waals surface area (Å²) in [4.78, 5) is 0. The van der Waals surface area contributed by atoms with E-state index in [2.05, 4.69) is 19.1 Å². The number of benzene rings is 1. The molecule has 0 aromatic heterocycles. The van der Waals surface area contributed by atoms with Gasteiger partial charge in [0.25, 0.3) is 0 Å². The van der Waals surface area contributed by atoms with Crippen LogP contribution in [0, 0.1) is 6.92 Å². The molecule has 2 heteroatoms. The summed E-state index contributed by atoms with van der Waals surface area (Å²) in [5.74, 6) is 0.979. The first-order valence-corrected chi connectivity index (χ1v) is 5.43. The zero-order chi connectivity index (χ0) is 10.7. The predicted octanol–water partition coefficient (Wildman–Crippen LogP) is 2.51. The van der Waals surface area contributed by atoms with Crippen molar-refractivity contribution in [3.05, 3.63) is 35.4 Å². The van der Waals surface area contributed by atoms with E-state index in [1.54, 1.807) is 0 Å². The van der Waals surface area contributed by atoms with Crippen molar-refractivity contribution in [2.24, 2.45) is 5.73 Å². The summed E-state index contributed by atoms with van der Waals surface area (Å²) in [6.07, 6.45) is 6.80. The highest BCUT2D eigenvalue weighted by atomic mass is 16.5. The van der Waals surface area contributed by atoms with Crippen molar-refractivity contribution in [1.29, 1.82) is 0 Å². The Morgan fingerprint density at radius 3 is 2.93 bits per heavy atom. The molecule has 2 N–H and O–H groups in total. The summed E-state index contributed by atoms with van der Waals surface area (Å²) in [6, 6.07) is 6.26. The highest BCUT2D eigenvalue weighted by Crippen LogP contribution is 2.30. The summed E-state index contributed by atoms with van der Waals surface area (Å²) >= 11 is 0. The lowest BCUT2D eigenvalue weighted by Crippen LogP contribution is -1.98. The highest BCUT2D eigenvalue weighted by Gasteiger charge is 2.24. The van der Waals surface area contributed by atoms with Gasteiger partial charge in [0.1, 0.15) is 5.75 Å². The molecule has 0 aliphatic heterocycles. The van der Waals surface area contributed by atoms with E-state index in [0.29, 0.717) is 12.6 Å². The lowest BCUT2D eigenvalue weighted by Gasteiger charge is -2.08. The zero-order valence-corrected chi connectivity index (χ0v) is 9.07. The van der Waals surface area contributed by atoms with E-state index in [-0.39, 0.29) is 0 Å². The van der Waals surface area contributed by atoms with Crippen LogP contribution in [0.3, 0.4) is 0 Å². The van der Waals surface area contributed by atoms with Crippen LogP contribution in [0.4, 0.5) is 0 Å². The topological polar surface area (TPSA) is 35.2 Å². The molecule has 0 amide bonds. The van der Waals surface area contributed by atoms with Crippen molar-refractivity contribution in [3.63, 3.8) is 0 Å². The van der Waals surface area contributed by atoms with Crippen LogP contribution in [0.2, 0.25) is 0 Å². The van der Waals surface area contributed by atoms with E-state index < -0.39 is 0 Å². The first kappa shape index (κ1) is 10.2. The molecule has 0 bridgehead atoms. The van der Waals surface area contributed by atoms with Crippen LogP contribution in [0.5, 0.6) is 5.75 Å². The lowest BCUT2D eigenvalue weighted by molar-refractivity contribution is 0.302. The molecular weight excluding hydrogens is 186 g/mol. The highest BCUT2D eigenvalue weighted by molar-refractivity contribution is 5.58. The molecule has 1 aliphatic rings. The van der Waals surface area contributed by atoms with Crippen molar-refractivity contribution in [2.75, 3.05) is 6.54 Å². The molecule has 0 spiro atoms. The van der Waals surface area contributed by atoms with Crippen LogP contribution in [0.25, 0.3) is 6.08 Å². The van der Waals surface area contributed by atoms with Gasteiger partial charge in [0.05, 0.1) is 6.10 Å². The molecule has 80 valence electrons. The minimum atomic E-state index is 0.442. The van der Waals surface area contributed by atoms with Crippen molar-refractivity contribution >= 4 is 6.08 Å². The third-order valence-electron chi connectivity index (χ3n) is 2.42. The molecule has 0 radical (unpaired) electrons. The first-order valence-electron chi connectivity index (χ1n) is 5.43. The Kier molecular flexibility index (Phi) is 3.07. The maximum Gasteiger partial charge on any atom is 0.126 e. The van der Waals surface area contributed by atoms with Gasteiger partial charge in [0.15, 0.2) is 0 Å². The third-order valence-corrected chi connectivity index (χ3v) is 2.42. The Hall–Kier alpha value is -1.28. The second kappa shape index (κ2) is 4.49. The van der Waals surface area contributed by atoms with Crippen LogP contribution in [0.1, 0.15) is 24.0 Å². The molecule has 1 aliphatic carbocycles. The Morgan fingerprint density at radius 2 is 2.27 bits per heavy atom. The van der Waals surface area contributed by atoms with Gasteiger partial charge < -0.3 is 10.5 Å². The molecule has 2 rings (SSSR count). The molecule has 1 saturated carbocycles. The molecule has 2 nitrogen and oxygen atoms in total. The van der Waals surface area contributed by atoms with Crippen molar-refractivity contribution in [1.82, 2.24) is 0 Å². The molecule has 1 aromatic carbocycles. The Balaban J connectivity index is 2.21. The molecular formula is C13H17NO. The average Bonchev–Trinajstić information content (AvgIpc) is 3.02. The van der Waals surface area contributed by atoms with Gasteiger partial charge in [-0.05, 0) is 31.9 Å². The number of hydrogen-bond donors (Lipinski definition) is 1. The average molecular weight is 203 g/mol. The molecule has 0 unspecified atom stereocenters. The second-order valence-electron chi connectivity index (χ2n) is 4.00. The third kappa shape index (κ3) is 2.83. The lowest BCUT2D eigenvalue weighted by atomic mass is 10.1. The van der Waals surface area contributed by atoms with E-state index in [0.717, 1.165) is 11.3 Å². The van der Waals surface area contributed by atoms with Gasteiger partial charge in [0.2, 0.25) is 0 Å². The van der Waals surface area contributed by atoms with Crippen LogP contribution < -0.4 is 10.5 Å². The molecule has 1 aromatic rings. The number of ether oxygens (including phenoxy) is 1. The van der Waals surface area contributed by atoms with E-state index in [1.807, 2.05) is 18.2 Å². The largest absolute Gasteiger partial charge is 0.490 e. The Bertz CT molecular complexity index is 367. The van der Waals surface area contributed by atoms with Crippen LogP contribution in [0.15, 0.2) is 24.3 Å². The molecule has 0 atom stereocenters. The maximum absolute atomic E-state index is 5.82. The van der Waals surface area contributed by atoms with Gasteiger partial charge >= 0.3 is 0 Å². The number of aryl methyl sites for hydroxylation is 1. The van der Waals surface area contributed by atoms with Crippen LogP contribution in [-0.4, -0.2) is 12.6 Å². The predicted molar refractivity (Wildman–Crippen MR) is 62.9 cm³/mol. The Morgan fingerprint density at radius 1 is 1.47 bits per heavy atom. The van der Waals surface area contributed by atoms with Gasteiger partial charge in [-0.25, -0.2) is 0 Å². The van der Waals surface area contributed by atoms with Crippen molar-refractivity contribution < 1.29 is 4.74 Å². The SMILES string of the molecule is Cc1ccc(OC2CC2)c(/C=C/CN)c1. The van der Waals surface area contributed by atoms with Crippen molar-refractivity contribution in [3.8, 4) is 5.75 Å². The summed E-state index contributed by atoms with van der Waals surface area (Å²) in [5.41, 5.74) is 7.83. The number of rotatable bonds is 4. The normalized spacial score (nSPS) is 15.9. The quantitative estimate of drug-likeness (QED) is 0.816. The molecule has 0 saturated heterocycles. The van der Waals surface area contributed by atoms with E-state index >= 15 is 0 Å². The summed E-state index contributed by atoms with van der Waals surface area (Å²) < 4.78 is 5.82. The van der Waals surface area contributed by atoms with Gasteiger partial charge in [-0.1, -0.05) is 23.8 Å². The summed E-state index contributed by atoms with van der Waals surface area (Å²) in [5, 5.41) is 0. The van der Waals surface area contributed by atoms with E-state index in [1.165, 1.54) is 18.4 Å². The number of nitrogens with two attached hydrogens (primary N) is 1. The molecule has 0 heterocycles. The van der Waals surface area contributed by atoms with Gasteiger partial charge in [0, 0.05) is 12.1 Å². The number of hydrogen-bond acceptors (Lipinski definition) is 2. The van der Waals surface area contributed by atoms with Crippen molar-refractivity contribution in [2.45, 2.75) is 25.9 Å². The van der Waals surface area contributed by atoms with Gasteiger partial charge in [-0.15, -0.1) is 0 Å². The molecule has 15 heavy (non-hydrogen) atoms. The zero-order valence-electron chi connectivity index (χ0n) is 9.07. The summed E-state index contributed by atoms with van der Waals surface area (Å²) in [7, 11) is 0. The minimum Gasteiger partial charge on any atom is -0.490 e. The van der Waals surface area contributed by atoms with Gasteiger partial charge in [-0.2, -0.15) is 0 Å². The summed E-state index contributed by atoms with van der Waals surface area (Å²) in [6.45, 7) is 2.65. The Labute approximate surface area is 90.7 Å².